The molecule has 0 aliphatic heterocycles. The third-order valence-electron chi connectivity index (χ3n) is 2.60. The lowest BCUT2D eigenvalue weighted by Crippen LogP contribution is -2.53. The van der Waals surface area contributed by atoms with Crippen molar-refractivity contribution in [3.8, 4) is 0 Å². The summed E-state index contributed by atoms with van der Waals surface area (Å²) < 4.78 is 0. The lowest BCUT2D eigenvalue weighted by molar-refractivity contribution is -0.122. The van der Waals surface area contributed by atoms with Gasteiger partial charge in [0.25, 0.3) is 0 Å². The van der Waals surface area contributed by atoms with Crippen LogP contribution in [0.4, 0.5) is 0 Å². The van der Waals surface area contributed by atoms with Crippen molar-refractivity contribution in [3.05, 3.63) is 35.9 Å². The normalized spacial score (nSPS) is 14.4. The molecule has 0 radical (unpaired) electrons. The molecule has 0 bridgehead atoms. The first-order valence-corrected chi connectivity index (χ1v) is 6.34. The summed E-state index contributed by atoms with van der Waals surface area (Å²) in [5, 5.41) is 2.97. The lowest BCUT2D eigenvalue weighted by atomic mass is 10.1. The molecular formula is C12H18N2OS. The number of hydrogen-bond donors (Lipinski definition) is 2. The van der Waals surface area contributed by atoms with Crippen molar-refractivity contribution in [1.29, 1.82) is 0 Å². The summed E-state index contributed by atoms with van der Waals surface area (Å²) >= 11 is 1.70. The largest absolute Gasteiger partial charge is 0.368 e. The van der Waals surface area contributed by atoms with Gasteiger partial charge in [-0.1, -0.05) is 30.3 Å². The predicted molar refractivity (Wildman–Crippen MR) is 69.3 cm³/mol. The van der Waals surface area contributed by atoms with Gasteiger partial charge in [-0.05, 0) is 19.5 Å². The molecule has 1 atom stereocenters. The van der Waals surface area contributed by atoms with E-state index in [0.29, 0.717) is 5.75 Å². The standard InChI is InChI=1S/C12H18N2OS/c1-12(14-2,11(13)15)9-16-8-10-6-4-3-5-7-10/h3-7,14H,8-9H2,1-2H3,(H2,13,15). The van der Waals surface area contributed by atoms with E-state index in [1.807, 2.05) is 25.1 Å². The molecule has 16 heavy (non-hydrogen) atoms. The van der Waals surface area contributed by atoms with Crippen LogP contribution in [0.5, 0.6) is 0 Å². The number of nitrogens with two attached hydrogens (primary N) is 1. The highest BCUT2D eigenvalue weighted by atomic mass is 32.2. The van der Waals surface area contributed by atoms with Crippen LogP contribution in [-0.2, 0) is 10.5 Å². The van der Waals surface area contributed by atoms with Crippen LogP contribution in [0.25, 0.3) is 0 Å². The molecule has 4 heteroatoms. The van der Waals surface area contributed by atoms with Crippen molar-refractivity contribution in [3.63, 3.8) is 0 Å². The van der Waals surface area contributed by atoms with Crippen LogP contribution in [0.3, 0.4) is 0 Å². The van der Waals surface area contributed by atoms with Gasteiger partial charge in [0, 0.05) is 11.5 Å². The Kier molecular flexibility index (Phi) is 4.83. The minimum absolute atomic E-state index is 0.310. The van der Waals surface area contributed by atoms with Crippen molar-refractivity contribution in [2.45, 2.75) is 18.2 Å². The Morgan fingerprint density at radius 3 is 2.56 bits per heavy atom. The Hall–Kier alpha value is -1.00. The van der Waals surface area contributed by atoms with E-state index in [1.54, 1.807) is 18.8 Å². The Bertz CT molecular complexity index is 342. The van der Waals surface area contributed by atoms with Crippen LogP contribution in [0.2, 0.25) is 0 Å². The van der Waals surface area contributed by atoms with Gasteiger partial charge in [0.1, 0.15) is 5.54 Å². The maximum atomic E-state index is 11.2. The van der Waals surface area contributed by atoms with Gasteiger partial charge < -0.3 is 11.1 Å². The van der Waals surface area contributed by atoms with Gasteiger partial charge in [-0.15, -0.1) is 0 Å². The van der Waals surface area contributed by atoms with Crippen LogP contribution in [0.1, 0.15) is 12.5 Å². The Labute approximate surface area is 101 Å². The fourth-order valence-electron chi connectivity index (χ4n) is 1.21. The van der Waals surface area contributed by atoms with Crippen molar-refractivity contribution < 1.29 is 4.79 Å². The van der Waals surface area contributed by atoms with Crippen molar-refractivity contribution in [1.82, 2.24) is 5.32 Å². The van der Waals surface area contributed by atoms with E-state index in [2.05, 4.69) is 17.4 Å². The van der Waals surface area contributed by atoms with Crippen LogP contribution in [0, 0.1) is 0 Å². The third kappa shape index (κ3) is 3.54. The number of carbonyl (C=O) groups is 1. The molecule has 0 aliphatic rings. The second-order valence-electron chi connectivity index (χ2n) is 3.92. The van der Waals surface area contributed by atoms with E-state index in [-0.39, 0.29) is 5.91 Å². The summed E-state index contributed by atoms with van der Waals surface area (Å²) in [6.07, 6.45) is 0. The molecule has 1 aromatic rings. The maximum Gasteiger partial charge on any atom is 0.238 e. The van der Waals surface area contributed by atoms with E-state index < -0.39 is 5.54 Å². The second-order valence-corrected chi connectivity index (χ2v) is 4.91. The van der Waals surface area contributed by atoms with Gasteiger partial charge >= 0.3 is 0 Å². The predicted octanol–water partition coefficient (Wildman–Crippen LogP) is 1.38. The van der Waals surface area contributed by atoms with E-state index in [4.69, 9.17) is 5.73 Å². The molecule has 1 rings (SSSR count). The summed E-state index contributed by atoms with van der Waals surface area (Å²) in [6.45, 7) is 1.83. The van der Waals surface area contributed by atoms with Gasteiger partial charge in [-0.25, -0.2) is 0 Å². The summed E-state index contributed by atoms with van der Waals surface area (Å²) in [7, 11) is 1.76. The molecule has 1 amide bonds. The molecule has 0 spiro atoms. The number of thioether (sulfide) groups is 1. The monoisotopic (exact) mass is 238 g/mol. The van der Waals surface area contributed by atoms with Crippen molar-refractivity contribution in [2.24, 2.45) is 5.73 Å². The molecule has 0 saturated carbocycles. The zero-order chi connectivity index (χ0) is 12.0. The lowest BCUT2D eigenvalue weighted by Gasteiger charge is -2.24. The Morgan fingerprint density at radius 2 is 2.06 bits per heavy atom. The molecule has 3 nitrogen and oxygen atoms in total. The molecule has 0 aromatic heterocycles. The van der Waals surface area contributed by atoms with Crippen molar-refractivity contribution >= 4 is 17.7 Å². The number of likely N-dealkylation sites (N-methyl/N-ethyl adjacent to an activating group) is 1. The number of benzene rings is 1. The molecule has 0 fully saturated rings. The highest BCUT2D eigenvalue weighted by Crippen LogP contribution is 2.17. The van der Waals surface area contributed by atoms with E-state index in [9.17, 15) is 4.79 Å². The van der Waals surface area contributed by atoms with E-state index in [1.165, 1.54) is 5.56 Å². The first-order valence-electron chi connectivity index (χ1n) is 5.19. The molecule has 1 unspecified atom stereocenters. The molecule has 0 heterocycles. The van der Waals surface area contributed by atoms with Crippen LogP contribution in [0.15, 0.2) is 30.3 Å². The van der Waals surface area contributed by atoms with Gasteiger partial charge in [0.15, 0.2) is 0 Å². The number of primary amides is 1. The van der Waals surface area contributed by atoms with Crippen LogP contribution in [-0.4, -0.2) is 24.2 Å². The SMILES string of the molecule is CNC(C)(CSCc1ccccc1)C(N)=O. The second kappa shape index (κ2) is 5.92. The number of rotatable bonds is 6. The smallest absolute Gasteiger partial charge is 0.238 e. The molecular weight excluding hydrogens is 220 g/mol. The van der Waals surface area contributed by atoms with Crippen molar-refractivity contribution in [2.75, 3.05) is 12.8 Å². The topological polar surface area (TPSA) is 55.1 Å². The Balaban J connectivity index is 2.43. The van der Waals surface area contributed by atoms with Gasteiger partial charge in [0.05, 0.1) is 0 Å². The first-order chi connectivity index (χ1) is 7.58. The summed E-state index contributed by atoms with van der Waals surface area (Å²) in [5.41, 5.74) is 5.98. The number of hydrogen-bond acceptors (Lipinski definition) is 3. The zero-order valence-corrected chi connectivity index (χ0v) is 10.5. The first kappa shape index (κ1) is 13.1. The van der Waals surface area contributed by atoms with E-state index in [0.717, 1.165) is 5.75 Å². The minimum Gasteiger partial charge on any atom is -0.368 e. The number of amides is 1. The molecule has 3 N–H and O–H groups in total. The fraction of sp³-hybridized carbons (Fsp3) is 0.417. The Morgan fingerprint density at radius 1 is 1.44 bits per heavy atom. The molecule has 88 valence electrons. The zero-order valence-electron chi connectivity index (χ0n) is 9.69. The average Bonchev–Trinajstić information content (AvgIpc) is 2.30. The molecule has 0 aliphatic carbocycles. The molecule has 0 saturated heterocycles. The number of nitrogens with one attached hydrogen (secondary N) is 1. The van der Waals surface area contributed by atoms with Crippen LogP contribution < -0.4 is 11.1 Å². The van der Waals surface area contributed by atoms with Gasteiger partial charge in [-0.2, -0.15) is 11.8 Å². The summed E-state index contributed by atoms with van der Waals surface area (Å²) in [6, 6.07) is 10.2. The fourth-order valence-corrected chi connectivity index (χ4v) is 2.44. The quantitative estimate of drug-likeness (QED) is 0.787. The third-order valence-corrected chi connectivity index (χ3v) is 3.92. The van der Waals surface area contributed by atoms with Gasteiger partial charge in [0.2, 0.25) is 5.91 Å². The minimum atomic E-state index is -0.626. The maximum absolute atomic E-state index is 11.2. The summed E-state index contributed by atoms with van der Waals surface area (Å²) in [5.74, 6) is 1.26. The van der Waals surface area contributed by atoms with Crippen LogP contribution >= 0.6 is 11.8 Å². The molecule has 1 aromatic carbocycles. The highest BCUT2D eigenvalue weighted by molar-refractivity contribution is 7.98. The highest BCUT2D eigenvalue weighted by Gasteiger charge is 2.28. The summed E-state index contributed by atoms with van der Waals surface area (Å²) in [4.78, 5) is 11.2. The average molecular weight is 238 g/mol. The van der Waals surface area contributed by atoms with Gasteiger partial charge in [-0.3, -0.25) is 4.79 Å². The van der Waals surface area contributed by atoms with E-state index >= 15 is 0 Å². The number of carbonyl (C=O) groups excluding carboxylic acids is 1.